The summed E-state index contributed by atoms with van der Waals surface area (Å²) < 4.78 is 0. The Hall–Kier alpha value is -0.960. The van der Waals surface area contributed by atoms with Gasteiger partial charge in [0.1, 0.15) is 6.33 Å². The lowest BCUT2D eigenvalue weighted by Crippen LogP contribution is -2.23. The second-order valence-corrected chi connectivity index (χ2v) is 4.77. The van der Waals surface area contributed by atoms with Gasteiger partial charge >= 0.3 is 0 Å². The maximum absolute atomic E-state index is 5.83. The summed E-state index contributed by atoms with van der Waals surface area (Å²) in [6.45, 7) is 4.33. The average molecular weight is 205 g/mol. The van der Waals surface area contributed by atoms with E-state index in [0.29, 0.717) is 0 Å². The number of aryl methyl sites for hydroxylation is 1. The van der Waals surface area contributed by atoms with Gasteiger partial charge in [-0.1, -0.05) is 6.92 Å². The third kappa shape index (κ3) is 2.34. The van der Waals surface area contributed by atoms with Gasteiger partial charge in [-0.15, -0.1) is 0 Å². The average Bonchev–Trinajstić information content (AvgIpc) is 2.18. The summed E-state index contributed by atoms with van der Waals surface area (Å²) in [7, 11) is 0. The number of fused-ring (bicyclic) bond motifs is 1. The second kappa shape index (κ2) is 4.27. The van der Waals surface area contributed by atoms with Crippen LogP contribution in [0.2, 0.25) is 0 Å². The van der Waals surface area contributed by atoms with Gasteiger partial charge in [-0.25, -0.2) is 9.97 Å². The summed E-state index contributed by atoms with van der Waals surface area (Å²) in [6, 6.07) is 0.182. The Labute approximate surface area is 91.1 Å². The van der Waals surface area contributed by atoms with E-state index < -0.39 is 0 Å². The van der Waals surface area contributed by atoms with Crippen LogP contribution in [-0.4, -0.2) is 16.0 Å². The molecule has 0 saturated heterocycles. The zero-order valence-electron chi connectivity index (χ0n) is 9.53. The van der Waals surface area contributed by atoms with Crippen molar-refractivity contribution < 1.29 is 0 Å². The van der Waals surface area contributed by atoms with Crippen molar-refractivity contribution in [1.82, 2.24) is 9.97 Å². The molecule has 1 heterocycles. The molecule has 2 unspecified atom stereocenters. The molecule has 1 aromatic rings. The number of hydrogen-bond donors (Lipinski definition) is 1. The van der Waals surface area contributed by atoms with Crippen LogP contribution in [-0.2, 0) is 19.3 Å². The summed E-state index contributed by atoms with van der Waals surface area (Å²) >= 11 is 0. The van der Waals surface area contributed by atoms with Crippen LogP contribution in [0.3, 0.4) is 0 Å². The minimum atomic E-state index is 0.182. The van der Waals surface area contributed by atoms with E-state index in [1.54, 1.807) is 6.33 Å². The molecule has 0 bridgehead atoms. The molecule has 2 rings (SSSR count). The Bertz CT molecular complexity index is 347. The second-order valence-electron chi connectivity index (χ2n) is 4.77. The molecule has 2 atom stereocenters. The summed E-state index contributed by atoms with van der Waals surface area (Å²) in [5.74, 6) is 0.760. The standard InChI is InChI=1S/C12H19N3/c1-8-3-4-11-10(5-8)12(6-9(2)13)15-7-14-11/h7-9H,3-6,13H2,1-2H3. The lowest BCUT2D eigenvalue weighted by atomic mass is 9.86. The van der Waals surface area contributed by atoms with Gasteiger partial charge in [-0.3, -0.25) is 0 Å². The van der Waals surface area contributed by atoms with E-state index in [9.17, 15) is 0 Å². The zero-order valence-corrected chi connectivity index (χ0v) is 9.53. The SMILES string of the molecule is CC(N)Cc1ncnc2c1CC(C)CC2. The highest BCUT2D eigenvalue weighted by molar-refractivity contribution is 5.28. The van der Waals surface area contributed by atoms with Crippen molar-refractivity contribution in [2.75, 3.05) is 0 Å². The summed E-state index contributed by atoms with van der Waals surface area (Å²) in [5, 5.41) is 0. The molecule has 0 radical (unpaired) electrons. The number of nitrogens with zero attached hydrogens (tertiary/aromatic N) is 2. The highest BCUT2D eigenvalue weighted by atomic mass is 14.9. The smallest absolute Gasteiger partial charge is 0.115 e. The third-order valence-corrected chi connectivity index (χ3v) is 3.07. The fourth-order valence-corrected chi connectivity index (χ4v) is 2.26. The van der Waals surface area contributed by atoms with Gasteiger partial charge in [-0.05, 0) is 37.7 Å². The van der Waals surface area contributed by atoms with E-state index in [4.69, 9.17) is 5.73 Å². The third-order valence-electron chi connectivity index (χ3n) is 3.07. The van der Waals surface area contributed by atoms with Crippen molar-refractivity contribution in [3.8, 4) is 0 Å². The molecular weight excluding hydrogens is 186 g/mol. The van der Waals surface area contributed by atoms with Crippen molar-refractivity contribution in [3.05, 3.63) is 23.3 Å². The Morgan fingerprint density at radius 1 is 1.53 bits per heavy atom. The van der Waals surface area contributed by atoms with E-state index in [-0.39, 0.29) is 6.04 Å². The summed E-state index contributed by atoms with van der Waals surface area (Å²) in [4.78, 5) is 8.75. The number of rotatable bonds is 2. The molecule has 0 saturated carbocycles. The van der Waals surface area contributed by atoms with Crippen LogP contribution in [0.4, 0.5) is 0 Å². The van der Waals surface area contributed by atoms with Gasteiger partial charge in [0, 0.05) is 23.9 Å². The minimum Gasteiger partial charge on any atom is -0.328 e. The fourth-order valence-electron chi connectivity index (χ4n) is 2.26. The topological polar surface area (TPSA) is 51.8 Å². The summed E-state index contributed by atoms with van der Waals surface area (Å²) in [5.41, 5.74) is 9.62. The van der Waals surface area contributed by atoms with Gasteiger partial charge < -0.3 is 5.73 Å². The molecule has 0 aromatic carbocycles. The Kier molecular flexibility index (Phi) is 3.00. The van der Waals surface area contributed by atoms with Crippen molar-refractivity contribution in [2.45, 2.75) is 45.6 Å². The van der Waals surface area contributed by atoms with E-state index >= 15 is 0 Å². The van der Waals surface area contributed by atoms with Crippen LogP contribution in [0.1, 0.15) is 37.2 Å². The normalized spacial score (nSPS) is 22.2. The van der Waals surface area contributed by atoms with Crippen LogP contribution in [0, 0.1) is 5.92 Å². The van der Waals surface area contributed by atoms with Gasteiger partial charge in [0.25, 0.3) is 0 Å². The van der Waals surface area contributed by atoms with Crippen molar-refractivity contribution in [2.24, 2.45) is 11.7 Å². The Morgan fingerprint density at radius 2 is 2.33 bits per heavy atom. The predicted molar refractivity (Wildman–Crippen MR) is 60.6 cm³/mol. The van der Waals surface area contributed by atoms with Crippen molar-refractivity contribution in [1.29, 1.82) is 0 Å². The lowest BCUT2D eigenvalue weighted by Gasteiger charge is -2.22. The van der Waals surface area contributed by atoms with Crippen LogP contribution >= 0.6 is 0 Å². The molecule has 15 heavy (non-hydrogen) atoms. The molecule has 0 aliphatic heterocycles. The molecule has 1 aliphatic carbocycles. The van der Waals surface area contributed by atoms with Crippen LogP contribution in [0.5, 0.6) is 0 Å². The van der Waals surface area contributed by atoms with E-state index in [1.165, 1.54) is 23.4 Å². The number of nitrogens with two attached hydrogens (primary N) is 1. The maximum Gasteiger partial charge on any atom is 0.115 e. The monoisotopic (exact) mass is 205 g/mol. The molecule has 0 amide bonds. The molecular formula is C12H19N3. The molecule has 82 valence electrons. The largest absolute Gasteiger partial charge is 0.328 e. The minimum absolute atomic E-state index is 0.182. The van der Waals surface area contributed by atoms with Gasteiger partial charge in [0.2, 0.25) is 0 Å². The molecule has 3 nitrogen and oxygen atoms in total. The van der Waals surface area contributed by atoms with Crippen LogP contribution < -0.4 is 5.73 Å². The van der Waals surface area contributed by atoms with Gasteiger partial charge in [0.05, 0.1) is 0 Å². The number of aromatic nitrogens is 2. The number of hydrogen-bond acceptors (Lipinski definition) is 3. The van der Waals surface area contributed by atoms with Crippen LogP contribution in [0.25, 0.3) is 0 Å². The quantitative estimate of drug-likeness (QED) is 0.796. The van der Waals surface area contributed by atoms with Crippen molar-refractivity contribution in [3.63, 3.8) is 0 Å². The van der Waals surface area contributed by atoms with Crippen molar-refractivity contribution >= 4 is 0 Å². The molecule has 2 N–H and O–H groups in total. The first-order valence-corrected chi connectivity index (χ1v) is 5.74. The highest BCUT2D eigenvalue weighted by Crippen LogP contribution is 2.25. The van der Waals surface area contributed by atoms with Gasteiger partial charge in [-0.2, -0.15) is 0 Å². The Morgan fingerprint density at radius 3 is 3.07 bits per heavy atom. The highest BCUT2D eigenvalue weighted by Gasteiger charge is 2.20. The first-order chi connectivity index (χ1) is 7.16. The maximum atomic E-state index is 5.83. The molecule has 0 fully saturated rings. The predicted octanol–water partition coefficient (Wildman–Crippen LogP) is 1.49. The first-order valence-electron chi connectivity index (χ1n) is 5.74. The molecule has 1 aliphatic rings. The Balaban J connectivity index is 2.31. The van der Waals surface area contributed by atoms with E-state index in [1.807, 2.05) is 6.92 Å². The zero-order chi connectivity index (χ0) is 10.8. The van der Waals surface area contributed by atoms with Crippen LogP contribution in [0.15, 0.2) is 6.33 Å². The molecule has 3 heteroatoms. The van der Waals surface area contributed by atoms with E-state index in [2.05, 4.69) is 16.9 Å². The lowest BCUT2D eigenvalue weighted by molar-refractivity contribution is 0.486. The molecule has 0 spiro atoms. The van der Waals surface area contributed by atoms with Gasteiger partial charge in [0.15, 0.2) is 0 Å². The fraction of sp³-hybridized carbons (Fsp3) is 0.667. The summed E-state index contributed by atoms with van der Waals surface area (Å²) in [6.07, 6.45) is 6.04. The first kappa shape index (κ1) is 10.6. The molecule has 1 aromatic heterocycles. The van der Waals surface area contributed by atoms with E-state index in [0.717, 1.165) is 25.2 Å².